The molecule has 7 heteroatoms. The minimum atomic E-state index is -0.361. The first-order valence-electron chi connectivity index (χ1n) is 12.6. The van der Waals surface area contributed by atoms with Crippen LogP contribution in [0.25, 0.3) is 11.1 Å². The first-order chi connectivity index (χ1) is 17.9. The summed E-state index contributed by atoms with van der Waals surface area (Å²) in [5.74, 6) is 0.382. The molecule has 4 rings (SSSR count). The lowest BCUT2D eigenvalue weighted by Crippen LogP contribution is -2.28. The average molecular weight is 500 g/mol. The van der Waals surface area contributed by atoms with Crippen LogP contribution in [0.5, 0.6) is 5.75 Å². The molecule has 1 aliphatic rings. The Hall–Kier alpha value is -4.13. The van der Waals surface area contributed by atoms with Crippen LogP contribution in [0.4, 0.5) is 0 Å². The molecule has 0 saturated heterocycles. The van der Waals surface area contributed by atoms with E-state index in [-0.39, 0.29) is 30.4 Å². The molecule has 7 nitrogen and oxygen atoms in total. The fourth-order valence-electron chi connectivity index (χ4n) is 4.56. The predicted octanol–water partition coefficient (Wildman–Crippen LogP) is 5.00. The molecule has 0 bridgehead atoms. The van der Waals surface area contributed by atoms with Gasteiger partial charge in [0.05, 0.1) is 11.5 Å². The molecule has 1 aliphatic carbocycles. The van der Waals surface area contributed by atoms with Gasteiger partial charge in [-0.15, -0.1) is 0 Å². The minimum Gasteiger partial charge on any atom is -0.457 e. The molecule has 0 radical (unpaired) electrons. The predicted molar refractivity (Wildman–Crippen MR) is 144 cm³/mol. The van der Waals surface area contributed by atoms with Gasteiger partial charge in [0.1, 0.15) is 12.4 Å². The summed E-state index contributed by atoms with van der Waals surface area (Å²) >= 11 is 0. The van der Waals surface area contributed by atoms with Crippen molar-refractivity contribution < 1.29 is 19.1 Å². The van der Waals surface area contributed by atoms with Crippen molar-refractivity contribution in [2.75, 3.05) is 6.54 Å². The molecule has 3 aromatic carbocycles. The van der Waals surface area contributed by atoms with Crippen LogP contribution < -0.4 is 16.2 Å². The Kier molecular flexibility index (Phi) is 8.56. The van der Waals surface area contributed by atoms with Crippen LogP contribution in [0, 0.1) is 18.8 Å². The summed E-state index contributed by atoms with van der Waals surface area (Å²) in [5.41, 5.74) is 15.3. The molecule has 0 amide bonds. The van der Waals surface area contributed by atoms with Crippen LogP contribution in [-0.2, 0) is 16.1 Å². The molecular weight excluding hydrogens is 466 g/mol. The number of carbonyl (C=O) groups is 2. The largest absolute Gasteiger partial charge is 0.457 e. The molecular formula is C30H33N3O4. The highest BCUT2D eigenvalue weighted by Crippen LogP contribution is 2.31. The number of carbonyl (C=O) groups excluding carboxylic acids is 2. The average Bonchev–Trinajstić information content (AvgIpc) is 2.91. The molecule has 1 fully saturated rings. The maximum atomic E-state index is 12.6. The number of ether oxygens (including phenoxy) is 2. The molecule has 3 aromatic rings. The van der Waals surface area contributed by atoms with E-state index < -0.39 is 0 Å². The quantitative estimate of drug-likeness (QED) is 0.195. The van der Waals surface area contributed by atoms with E-state index in [9.17, 15) is 9.59 Å². The van der Waals surface area contributed by atoms with Gasteiger partial charge in [-0.05, 0) is 79.5 Å². The van der Waals surface area contributed by atoms with Crippen molar-refractivity contribution >= 4 is 17.9 Å². The maximum absolute atomic E-state index is 12.6. The van der Waals surface area contributed by atoms with Gasteiger partial charge in [-0.1, -0.05) is 54.1 Å². The monoisotopic (exact) mass is 499 g/mol. The van der Waals surface area contributed by atoms with E-state index in [4.69, 9.17) is 20.9 Å². The summed E-state index contributed by atoms with van der Waals surface area (Å²) in [6.07, 6.45) is 3.37. The Morgan fingerprint density at radius 3 is 2.16 bits per heavy atom. The summed E-state index contributed by atoms with van der Waals surface area (Å²) in [4.78, 5) is 29.1. The molecule has 0 heterocycles. The van der Waals surface area contributed by atoms with Gasteiger partial charge in [0.2, 0.25) is 0 Å². The van der Waals surface area contributed by atoms with E-state index in [1.54, 1.807) is 24.3 Å². The lowest BCUT2D eigenvalue weighted by Gasteiger charge is -2.26. The highest BCUT2D eigenvalue weighted by Gasteiger charge is 2.27. The van der Waals surface area contributed by atoms with Crippen LogP contribution in [0.3, 0.4) is 0 Å². The van der Waals surface area contributed by atoms with Crippen molar-refractivity contribution in [1.82, 2.24) is 0 Å². The van der Waals surface area contributed by atoms with Gasteiger partial charge in [-0.25, -0.2) is 4.79 Å². The number of aryl methyl sites for hydroxylation is 1. The number of rotatable bonds is 8. The molecule has 0 unspecified atom stereocenters. The van der Waals surface area contributed by atoms with Gasteiger partial charge in [0.15, 0.2) is 5.96 Å². The van der Waals surface area contributed by atoms with E-state index in [0.29, 0.717) is 23.8 Å². The summed E-state index contributed by atoms with van der Waals surface area (Å²) in [6, 6.07) is 22.5. The van der Waals surface area contributed by atoms with E-state index in [1.165, 1.54) is 0 Å². The van der Waals surface area contributed by atoms with Crippen LogP contribution in [0.15, 0.2) is 77.8 Å². The van der Waals surface area contributed by atoms with Gasteiger partial charge >= 0.3 is 11.9 Å². The van der Waals surface area contributed by atoms with Crippen LogP contribution in [-0.4, -0.2) is 24.4 Å². The topological polar surface area (TPSA) is 117 Å². The van der Waals surface area contributed by atoms with Crippen molar-refractivity contribution in [1.29, 1.82) is 0 Å². The molecule has 0 aliphatic heterocycles. The zero-order chi connectivity index (χ0) is 26.2. The Labute approximate surface area is 217 Å². The van der Waals surface area contributed by atoms with Crippen molar-refractivity contribution in [2.45, 2.75) is 39.2 Å². The first kappa shape index (κ1) is 25.9. The van der Waals surface area contributed by atoms with E-state index >= 15 is 0 Å². The fourth-order valence-corrected chi connectivity index (χ4v) is 4.56. The fraction of sp³-hybridized carbons (Fsp3) is 0.300. The molecule has 0 aromatic heterocycles. The van der Waals surface area contributed by atoms with Crippen molar-refractivity contribution in [3.63, 3.8) is 0 Å². The Bertz CT molecular complexity index is 1240. The summed E-state index contributed by atoms with van der Waals surface area (Å²) in [5, 5.41) is 0. The van der Waals surface area contributed by atoms with Crippen molar-refractivity contribution in [3.8, 4) is 16.9 Å². The molecule has 0 spiro atoms. The highest BCUT2D eigenvalue weighted by atomic mass is 16.5. The number of guanidine groups is 1. The Morgan fingerprint density at radius 1 is 0.892 bits per heavy atom. The normalized spacial score (nSPS) is 17.0. The highest BCUT2D eigenvalue weighted by molar-refractivity contribution is 5.90. The number of aliphatic imine (C=N–C) groups is 1. The van der Waals surface area contributed by atoms with Crippen LogP contribution in [0.2, 0.25) is 0 Å². The Balaban J connectivity index is 1.27. The second-order valence-electron chi connectivity index (χ2n) is 9.57. The van der Waals surface area contributed by atoms with E-state index in [2.05, 4.69) is 4.99 Å². The molecule has 37 heavy (non-hydrogen) atoms. The zero-order valence-electron chi connectivity index (χ0n) is 21.1. The van der Waals surface area contributed by atoms with Gasteiger partial charge in [0.25, 0.3) is 0 Å². The van der Waals surface area contributed by atoms with Gasteiger partial charge < -0.3 is 20.9 Å². The van der Waals surface area contributed by atoms with Crippen LogP contribution in [0.1, 0.15) is 47.2 Å². The van der Waals surface area contributed by atoms with E-state index in [1.807, 2.05) is 55.5 Å². The molecule has 192 valence electrons. The zero-order valence-corrected chi connectivity index (χ0v) is 21.1. The number of esters is 2. The Morgan fingerprint density at radius 2 is 1.54 bits per heavy atom. The lowest BCUT2D eigenvalue weighted by atomic mass is 9.82. The first-order valence-corrected chi connectivity index (χ1v) is 12.6. The molecule has 1 saturated carbocycles. The van der Waals surface area contributed by atoms with E-state index in [0.717, 1.165) is 47.9 Å². The molecule has 4 N–H and O–H groups in total. The number of benzene rings is 3. The summed E-state index contributed by atoms with van der Waals surface area (Å²) in [7, 11) is 0. The third kappa shape index (κ3) is 7.43. The summed E-state index contributed by atoms with van der Waals surface area (Å²) < 4.78 is 11.1. The van der Waals surface area contributed by atoms with Crippen molar-refractivity contribution in [3.05, 3.63) is 89.5 Å². The second-order valence-corrected chi connectivity index (χ2v) is 9.57. The van der Waals surface area contributed by atoms with Crippen LogP contribution >= 0.6 is 0 Å². The van der Waals surface area contributed by atoms with Gasteiger partial charge in [-0.3, -0.25) is 9.79 Å². The smallest absolute Gasteiger partial charge is 0.338 e. The third-order valence-electron chi connectivity index (χ3n) is 6.69. The SMILES string of the molecule is Cc1cccc(COC(=O)c2ccc(-c3ccc(OC(=O)C4CCC(CN=C(N)N)CC4)cc3)cc2)c1. The maximum Gasteiger partial charge on any atom is 0.338 e. The van der Waals surface area contributed by atoms with Gasteiger partial charge in [-0.2, -0.15) is 0 Å². The number of hydrogen-bond donors (Lipinski definition) is 2. The number of nitrogens with two attached hydrogens (primary N) is 2. The number of hydrogen-bond acceptors (Lipinski definition) is 5. The van der Waals surface area contributed by atoms with Gasteiger partial charge in [0, 0.05) is 6.54 Å². The lowest BCUT2D eigenvalue weighted by molar-refractivity contribution is -0.140. The third-order valence-corrected chi connectivity index (χ3v) is 6.69. The van der Waals surface area contributed by atoms with Crippen molar-refractivity contribution in [2.24, 2.45) is 28.3 Å². The standard InChI is InChI=1S/C30H33N3O4/c1-20-3-2-4-22(17-20)19-36-28(34)25-11-9-23(10-12-25)24-13-15-27(16-14-24)37-29(35)26-7-5-21(6-8-26)18-33-30(31)32/h2-4,9-17,21,26H,5-8,18-19H2,1H3,(H4,31,32,33). The molecule has 0 atom stereocenters. The number of nitrogens with zero attached hydrogens (tertiary/aromatic N) is 1. The summed E-state index contributed by atoms with van der Waals surface area (Å²) in [6.45, 7) is 2.86. The minimum absolute atomic E-state index is 0.103. The second kappa shape index (κ2) is 12.2.